The summed E-state index contributed by atoms with van der Waals surface area (Å²) >= 11 is 0. The number of anilines is 1. The number of hydrogen-bond donors (Lipinski definition) is 2. The van der Waals surface area contributed by atoms with E-state index in [4.69, 9.17) is 11.5 Å². The summed E-state index contributed by atoms with van der Waals surface area (Å²) in [7, 11) is 0. The highest BCUT2D eigenvalue weighted by atomic mass is 14.6. The highest BCUT2D eigenvalue weighted by Crippen LogP contribution is 2.49. The number of rotatable bonds is 2. The van der Waals surface area contributed by atoms with E-state index in [1.165, 1.54) is 22.3 Å². The molecule has 0 saturated carbocycles. The summed E-state index contributed by atoms with van der Waals surface area (Å²) < 4.78 is 0. The molecule has 2 heteroatoms. The first-order valence-electron chi connectivity index (χ1n) is 7.07. The van der Waals surface area contributed by atoms with Crippen LogP contribution in [0.25, 0.3) is 0 Å². The van der Waals surface area contributed by atoms with Crippen LogP contribution in [0.4, 0.5) is 5.69 Å². The summed E-state index contributed by atoms with van der Waals surface area (Å²) in [5, 5.41) is 0. The zero-order valence-electron chi connectivity index (χ0n) is 11.6. The van der Waals surface area contributed by atoms with Gasteiger partial charge < -0.3 is 11.5 Å². The summed E-state index contributed by atoms with van der Waals surface area (Å²) in [5.41, 5.74) is 18.6. The van der Waals surface area contributed by atoms with E-state index < -0.39 is 0 Å². The van der Waals surface area contributed by atoms with Gasteiger partial charge in [0, 0.05) is 17.0 Å². The zero-order valence-corrected chi connectivity index (χ0v) is 11.6. The molecular formula is C17H22N2. The lowest BCUT2D eigenvalue weighted by atomic mass is 9.81. The summed E-state index contributed by atoms with van der Waals surface area (Å²) in [6.45, 7) is 6.26. The molecule has 0 aliphatic heterocycles. The van der Waals surface area contributed by atoms with Gasteiger partial charge in [0.1, 0.15) is 0 Å². The third-order valence-electron chi connectivity index (χ3n) is 4.95. The lowest BCUT2D eigenvalue weighted by Gasteiger charge is -2.24. The van der Waals surface area contributed by atoms with Crippen LogP contribution >= 0.6 is 0 Å². The number of fused-ring (bicyclic) bond motifs is 2. The molecule has 0 aromatic heterocycles. The van der Waals surface area contributed by atoms with Crippen molar-refractivity contribution in [1.29, 1.82) is 0 Å². The molecule has 0 amide bonds. The minimum Gasteiger partial charge on any atom is -0.405 e. The van der Waals surface area contributed by atoms with Crippen molar-refractivity contribution in [1.82, 2.24) is 0 Å². The Kier molecular flexibility index (Phi) is 2.70. The largest absolute Gasteiger partial charge is 0.405 e. The molecule has 0 fully saturated rings. The summed E-state index contributed by atoms with van der Waals surface area (Å²) in [6.07, 6.45) is 10.3. The fraction of sp³-hybridized carbons (Fsp3) is 0.412. The second-order valence-electron chi connectivity index (χ2n) is 6.05. The average molecular weight is 254 g/mol. The maximum Gasteiger partial charge on any atom is 0.0399 e. The van der Waals surface area contributed by atoms with E-state index in [1.807, 2.05) is 0 Å². The molecule has 0 spiro atoms. The van der Waals surface area contributed by atoms with Crippen LogP contribution in [0.3, 0.4) is 0 Å². The quantitative estimate of drug-likeness (QED) is 0.629. The number of allylic oxidation sites excluding steroid dienone is 2. The molecule has 2 aliphatic carbocycles. The normalized spacial score (nSPS) is 28.6. The topological polar surface area (TPSA) is 52.0 Å². The van der Waals surface area contributed by atoms with Gasteiger partial charge >= 0.3 is 0 Å². The first-order chi connectivity index (χ1) is 9.10. The van der Waals surface area contributed by atoms with E-state index in [9.17, 15) is 0 Å². The number of hydrogen-bond acceptors (Lipinski definition) is 2. The number of nitrogen functional groups attached to an aromatic ring is 1. The molecule has 0 saturated heterocycles. The van der Waals surface area contributed by atoms with Crippen LogP contribution in [0.5, 0.6) is 0 Å². The van der Waals surface area contributed by atoms with Crippen LogP contribution in [-0.4, -0.2) is 0 Å². The molecule has 2 unspecified atom stereocenters. The van der Waals surface area contributed by atoms with E-state index in [1.54, 1.807) is 6.20 Å². The Morgan fingerprint density at radius 1 is 1.37 bits per heavy atom. The Hall–Kier alpha value is -1.70. The van der Waals surface area contributed by atoms with Crippen LogP contribution in [0, 0.1) is 0 Å². The Balaban J connectivity index is 2.21. The predicted octanol–water partition coefficient (Wildman–Crippen LogP) is 3.16. The molecule has 0 bridgehead atoms. The zero-order chi connectivity index (χ0) is 13.6. The molecule has 0 radical (unpaired) electrons. The predicted molar refractivity (Wildman–Crippen MR) is 81.1 cm³/mol. The minimum absolute atomic E-state index is 0.0357. The second kappa shape index (κ2) is 4.16. The molecule has 19 heavy (non-hydrogen) atoms. The third-order valence-corrected chi connectivity index (χ3v) is 4.95. The van der Waals surface area contributed by atoms with Gasteiger partial charge in [0.05, 0.1) is 0 Å². The second-order valence-corrected chi connectivity index (χ2v) is 6.05. The Morgan fingerprint density at radius 3 is 2.84 bits per heavy atom. The average Bonchev–Trinajstić information content (AvgIpc) is 2.94. The Labute approximate surface area is 115 Å². The molecule has 100 valence electrons. The smallest absolute Gasteiger partial charge is 0.0399 e. The van der Waals surface area contributed by atoms with Crippen molar-refractivity contribution in [2.75, 3.05) is 5.73 Å². The fourth-order valence-electron chi connectivity index (χ4n) is 3.86. The van der Waals surface area contributed by atoms with Gasteiger partial charge in [-0.3, -0.25) is 0 Å². The van der Waals surface area contributed by atoms with Crippen molar-refractivity contribution in [3.05, 3.63) is 53.3 Å². The Bertz CT molecular complexity index is 571. The maximum atomic E-state index is 6.54. The molecular weight excluding hydrogens is 232 g/mol. The van der Waals surface area contributed by atoms with Crippen molar-refractivity contribution in [2.24, 2.45) is 5.73 Å². The molecule has 1 aromatic rings. The van der Waals surface area contributed by atoms with E-state index >= 15 is 0 Å². The van der Waals surface area contributed by atoms with Crippen LogP contribution in [-0.2, 0) is 18.3 Å². The summed E-state index contributed by atoms with van der Waals surface area (Å²) in [5.74, 6) is 0.389. The number of nitrogens with two attached hydrogens (primary N) is 2. The van der Waals surface area contributed by atoms with Gasteiger partial charge in [-0.1, -0.05) is 25.1 Å². The molecule has 2 nitrogen and oxygen atoms in total. The van der Waals surface area contributed by atoms with Gasteiger partial charge in [-0.2, -0.15) is 0 Å². The van der Waals surface area contributed by atoms with Gasteiger partial charge in [-0.05, 0) is 54.1 Å². The molecule has 2 aliphatic rings. The van der Waals surface area contributed by atoms with Gasteiger partial charge in [-0.25, -0.2) is 0 Å². The third kappa shape index (κ3) is 1.62. The fourth-order valence-corrected chi connectivity index (χ4v) is 3.86. The number of benzene rings is 1. The standard InChI is InChI=1S/C17H22N2/c1-3-17(2)8-6-13-10-12-5-4-11(7-9-18)14(12)16(19)15(13)17/h3,7,9-11H,1,4-6,8,18-19H2,2H3/b9-7-. The highest BCUT2D eigenvalue weighted by Gasteiger charge is 2.37. The molecule has 1 aromatic carbocycles. The van der Waals surface area contributed by atoms with E-state index in [0.717, 1.165) is 31.4 Å². The van der Waals surface area contributed by atoms with Gasteiger partial charge in [0.2, 0.25) is 0 Å². The van der Waals surface area contributed by atoms with E-state index in [-0.39, 0.29) is 5.41 Å². The SMILES string of the molecule is C=CC1(C)CCc2cc3c(c(N)c21)C(/C=C\N)CC3. The van der Waals surface area contributed by atoms with E-state index in [0.29, 0.717) is 5.92 Å². The highest BCUT2D eigenvalue weighted by molar-refractivity contribution is 5.68. The first-order valence-corrected chi connectivity index (χ1v) is 7.07. The van der Waals surface area contributed by atoms with Gasteiger partial charge in [0.25, 0.3) is 0 Å². The minimum atomic E-state index is 0.0357. The molecule has 0 heterocycles. The lowest BCUT2D eigenvalue weighted by Crippen LogP contribution is -2.17. The monoisotopic (exact) mass is 254 g/mol. The van der Waals surface area contributed by atoms with Crippen molar-refractivity contribution in [3.63, 3.8) is 0 Å². The van der Waals surface area contributed by atoms with Crippen LogP contribution in [0.15, 0.2) is 31.0 Å². The molecule has 4 N–H and O–H groups in total. The van der Waals surface area contributed by atoms with Gasteiger partial charge in [-0.15, -0.1) is 6.58 Å². The summed E-state index contributed by atoms with van der Waals surface area (Å²) in [6, 6.07) is 2.38. The summed E-state index contributed by atoms with van der Waals surface area (Å²) in [4.78, 5) is 0. The van der Waals surface area contributed by atoms with Gasteiger partial charge in [0.15, 0.2) is 0 Å². The van der Waals surface area contributed by atoms with E-state index in [2.05, 4.69) is 31.7 Å². The molecule has 2 atom stereocenters. The van der Waals surface area contributed by atoms with Crippen LogP contribution in [0.1, 0.15) is 47.9 Å². The molecule has 3 rings (SSSR count). The van der Waals surface area contributed by atoms with Crippen molar-refractivity contribution >= 4 is 5.69 Å². The maximum absolute atomic E-state index is 6.54. The lowest BCUT2D eigenvalue weighted by molar-refractivity contribution is 0.591. The van der Waals surface area contributed by atoms with Crippen LogP contribution < -0.4 is 11.5 Å². The van der Waals surface area contributed by atoms with Crippen LogP contribution in [0.2, 0.25) is 0 Å². The first kappa shape index (κ1) is 12.3. The van der Waals surface area contributed by atoms with Crippen molar-refractivity contribution in [3.8, 4) is 0 Å². The van der Waals surface area contributed by atoms with Crippen molar-refractivity contribution in [2.45, 2.75) is 43.9 Å². The Morgan fingerprint density at radius 2 is 2.16 bits per heavy atom. The number of aryl methyl sites for hydroxylation is 2. The van der Waals surface area contributed by atoms with Crippen molar-refractivity contribution < 1.29 is 0 Å².